The number of nitrogens with zero attached hydrogens (tertiary/aromatic N) is 5. The van der Waals surface area contributed by atoms with Crippen LogP contribution in [0.5, 0.6) is 11.5 Å². The summed E-state index contributed by atoms with van der Waals surface area (Å²) in [7, 11) is 4.70. The van der Waals surface area contributed by atoms with Crippen molar-refractivity contribution in [2.24, 2.45) is 7.05 Å². The molecule has 14 heteroatoms. The summed E-state index contributed by atoms with van der Waals surface area (Å²) >= 11 is 0. The summed E-state index contributed by atoms with van der Waals surface area (Å²) in [5.74, 6) is 1.50. The highest BCUT2D eigenvalue weighted by Gasteiger charge is 2.42. The van der Waals surface area contributed by atoms with Crippen LogP contribution in [-0.4, -0.2) is 61.7 Å². The van der Waals surface area contributed by atoms with Gasteiger partial charge < -0.3 is 34.2 Å². The van der Waals surface area contributed by atoms with Crippen LogP contribution in [0.25, 0.3) is 0 Å². The third kappa shape index (κ3) is 6.80. The van der Waals surface area contributed by atoms with Crippen LogP contribution in [0.1, 0.15) is 40.7 Å². The molecule has 3 aromatic carbocycles. The van der Waals surface area contributed by atoms with Gasteiger partial charge in [-0.15, -0.1) is 0 Å². The van der Waals surface area contributed by atoms with E-state index in [2.05, 4.69) is 4.98 Å². The number of hydrogen-bond acceptors (Lipinski definition) is 10. The SMILES string of the molecule is COc1ccc(C(OC[C@H]2O[C@@H](n3cc(C)c(=O)n(CCc4ncc([N+](=O)[O-])n4C)c3=O)C[C@@H]2O)(c2ccccc2)c2ccc(OC)cc2)cc1. The molecule has 0 bridgehead atoms. The first-order chi connectivity index (χ1) is 24.6. The molecule has 51 heavy (non-hydrogen) atoms. The molecule has 1 fully saturated rings. The number of aliphatic hydroxyl groups excluding tert-OH is 1. The van der Waals surface area contributed by atoms with Gasteiger partial charge in [-0.3, -0.25) is 13.9 Å². The lowest BCUT2D eigenvalue weighted by Crippen LogP contribution is -2.42. The first kappa shape index (κ1) is 35.3. The minimum atomic E-state index is -1.15. The first-order valence-corrected chi connectivity index (χ1v) is 16.4. The number of aliphatic hydroxyl groups is 1. The van der Waals surface area contributed by atoms with E-state index < -0.39 is 40.2 Å². The molecule has 5 aromatic rings. The Hall–Kier alpha value is -5.57. The van der Waals surface area contributed by atoms with Crippen molar-refractivity contribution >= 4 is 5.82 Å². The normalized spacial score (nSPS) is 17.4. The van der Waals surface area contributed by atoms with E-state index in [4.69, 9.17) is 18.9 Å². The van der Waals surface area contributed by atoms with Crippen molar-refractivity contribution in [3.63, 3.8) is 0 Å². The van der Waals surface area contributed by atoms with Crippen LogP contribution in [0, 0.1) is 17.0 Å². The van der Waals surface area contributed by atoms with E-state index in [-0.39, 0.29) is 31.8 Å². The second-order valence-electron chi connectivity index (χ2n) is 12.3. The van der Waals surface area contributed by atoms with Crippen LogP contribution < -0.4 is 20.7 Å². The fourth-order valence-electron chi connectivity index (χ4n) is 6.53. The van der Waals surface area contributed by atoms with E-state index in [0.29, 0.717) is 22.9 Å². The predicted octanol–water partition coefficient (Wildman–Crippen LogP) is 3.88. The molecule has 6 rings (SSSR count). The molecule has 0 spiro atoms. The Kier molecular flexibility index (Phi) is 10.2. The summed E-state index contributed by atoms with van der Waals surface area (Å²) in [5, 5.41) is 22.5. The van der Waals surface area contributed by atoms with Gasteiger partial charge in [0.05, 0.1) is 34.0 Å². The zero-order valence-electron chi connectivity index (χ0n) is 28.7. The number of aryl methyl sites for hydroxylation is 2. The fourth-order valence-corrected chi connectivity index (χ4v) is 6.53. The van der Waals surface area contributed by atoms with Crippen molar-refractivity contribution < 1.29 is 29.0 Å². The quantitative estimate of drug-likeness (QED) is 0.109. The van der Waals surface area contributed by atoms with Crippen LogP contribution in [-0.2, 0) is 35.1 Å². The second kappa shape index (κ2) is 14.7. The lowest BCUT2D eigenvalue weighted by molar-refractivity contribution is -0.391. The number of aromatic nitrogens is 4. The summed E-state index contributed by atoms with van der Waals surface area (Å²) in [4.78, 5) is 41.6. The molecule has 14 nitrogen and oxygen atoms in total. The zero-order chi connectivity index (χ0) is 36.3. The molecule has 0 saturated carbocycles. The van der Waals surface area contributed by atoms with Gasteiger partial charge in [0.15, 0.2) is 5.82 Å². The van der Waals surface area contributed by atoms with Crippen molar-refractivity contribution in [3.8, 4) is 11.5 Å². The van der Waals surface area contributed by atoms with Crippen LogP contribution in [0.3, 0.4) is 0 Å². The highest BCUT2D eigenvalue weighted by molar-refractivity contribution is 5.49. The fraction of sp³-hybridized carbons (Fsp3) is 0.324. The van der Waals surface area contributed by atoms with E-state index in [0.717, 1.165) is 27.5 Å². The highest BCUT2D eigenvalue weighted by Crippen LogP contribution is 2.42. The predicted molar refractivity (Wildman–Crippen MR) is 186 cm³/mol. The van der Waals surface area contributed by atoms with Crippen molar-refractivity contribution in [2.45, 2.75) is 50.3 Å². The van der Waals surface area contributed by atoms with Gasteiger partial charge >= 0.3 is 11.5 Å². The molecule has 1 aliphatic heterocycles. The van der Waals surface area contributed by atoms with Crippen LogP contribution in [0.2, 0.25) is 0 Å². The smallest absolute Gasteiger partial charge is 0.342 e. The number of hydrogen-bond donors (Lipinski definition) is 1. The number of imidazole rings is 1. The molecule has 1 N–H and O–H groups in total. The third-order valence-corrected chi connectivity index (χ3v) is 9.32. The van der Waals surface area contributed by atoms with E-state index >= 15 is 0 Å². The van der Waals surface area contributed by atoms with Gasteiger partial charge in [0.1, 0.15) is 35.6 Å². The molecule has 0 unspecified atom stereocenters. The standard InChI is InChI=1S/C37H39N5O9/c1-24-22-41(36(45)40(35(24)44)19-18-32-38-21-33(39(32)2)42(46)47)34-20-30(43)31(51-34)23-50-37(25-8-6-5-7-9-25,26-10-14-28(48-3)15-11-26)27-12-16-29(49-4)17-13-27/h5-17,21-22,30-31,34,43H,18-20,23H2,1-4H3/t30-,31+,34+/m0/s1. The lowest BCUT2D eigenvalue weighted by atomic mass is 9.80. The summed E-state index contributed by atoms with van der Waals surface area (Å²) in [6.45, 7) is 1.46. The van der Waals surface area contributed by atoms with E-state index in [1.807, 2.05) is 78.9 Å². The minimum absolute atomic E-state index is 0.0596. The van der Waals surface area contributed by atoms with E-state index in [9.17, 15) is 24.8 Å². The Balaban J connectivity index is 1.30. The summed E-state index contributed by atoms with van der Waals surface area (Å²) in [6.07, 6.45) is 0.00130. The van der Waals surface area contributed by atoms with Crippen molar-refractivity contribution in [1.29, 1.82) is 0 Å². The maximum absolute atomic E-state index is 13.7. The van der Waals surface area contributed by atoms with E-state index in [1.165, 1.54) is 22.4 Å². The second-order valence-corrected chi connectivity index (χ2v) is 12.3. The minimum Gasteiger partial charge on any atom is -0.497 e. The Labute approximate surface area is 293 Å². The lowest BCUT2D eigenvalue weighted by Gasteiger charge is -2.37. The summed E-state index contributed by atoms with van der Waals surface area (Å²) in [6, 6.07) is 24.9. The summed E-state index contributed by atoms with van der Waals surface area (Å²) in [5.41, 5.74) is 0.456. The number of methoxy groups -OCH3 is 2. The Morgan fingerprint density at radius 1 is 0.961 bits per heavy atom. The molecule has 1 aliphatic rings. The van der Waals surface area contributed by atoms with E-state index in [1.54, 1.807) is 21.1 Å². The zero-order valence-corrected chi connectivity index (χ0v) is 28.7. The van der Waals surface area contributed by atoms with Crippen LogP contribution in [0.4, 0.5) is 5.82 Å². The van der Waals surface area contributed by atoms with Gasteiger partial charge in [0.25, 0.3) is 5.56 Å². The van der Waals surface area contributed by atoms with Gasteiger partial charge in [-0.2, -0.15) is 0 Å². The molecule has 266 valence electrons. The largest absolute Gasteiger partial charge is 0.497 e. The number of ether oxygens (including phenoxy) is 4. The molecular formula is C37H39N5O9. The molecule has 0 radical (unpaired) electrons. The number of rotatable bonds is 13. The molecular weight excluding hydrogens is 658 g/mol. The number of nitro groups is 1. The highest BCUT2D eigenvalue weighted by atomic mass is 16.6. The maximum atomic E-state index is 13.7. The Morgan fingerprint density at radius 2 is 1.55 bits per heavy atom. The average Bonchev–Trinajstić information content (AvgIpc) is 3.72. The Bertz CT molecular complexity index is 2060. The maximum Gasteiger partial charge on any atom is 0.342 e. The molecule has 0 amide bonds. The third-order valence-electron chi connectivity index (χ3n) is 9.32. The van der Waals surface area contributed by atoms with Crippen molar-refractivity contribution in [3.05, 3.63) is 150 Å². The van der Waals surface area contributed by atoms with Crippen LogP contribution >= 0.6 is 0 Å². The van der Waals surface area contributed by atoms with Crippen LogP contribution in [0.15, 0.2) is 101 Å². The average molecular weight is 698 g/mol. The molecule has 3 atom stereocenters. The van der Waals surface area contributed by atoms with Gasteiger partial charge in [-0.25, -0.2) is 14.3 Å². The molecule has 2 aromatic heterocycles. The van der Waals surface area contributed by atoms with Gasteiger partial charge in [0.2, 0.25) is 0 Å². The van der Waals surface area contributed by atoms with Gasteiger partial charge in [-0.05, 0) is 52.8 Å². The van der Waals surface area contributed by atoms with Gasteiger partial charge in [0, 0.05) is 31.1 Å². The summed E-state index contributed by atoms with van der Waals surface area (Å²) < 4.78 is 27.8. The van der Waals surface area contributed by atoms with Crippen molar-refractivity contribution in [1.82, 2.24) is 18.7 Å². The molecule has 1 saturated heterocycles. The molecule has 0 aliphatic carbocycles. The first-order valence-electron chi connectivity index (χ1n) is 16.4. The molecule has 3 heterocycles. The monoisotopic (exact) mass is 697 g/mol. The number of benzene rings is 3. The topological polar surface area (TPSA) is 162 Å². The van der Waals surface area contributed by atoms with Gasteiger partial charge in [-0.1, -0.05) is 54.6 Å². The van der Waals surface area contributed by atoms with Crippen molar-refractivity contribution in [2.75, 3.05) is 20.8 Å². The Morgan fingerprint density at radius 3 is 2.10 bits per heavy atom.